The molecule has 4 nitrogen and oxygen atoms in total. The standard InChI is InChI=1S/C20H15ClFN3O/c1-12-11-17(21)25-20(23-12)18(13-3-7-15(22)8-4-13)19(24-25)14-5-9-16(26-2)10-6-14/h3-11H,1-2H3. The second-order valence-corrected chi connectivity index (χ2v) is 6.30. The molecule has 0 unspecified atom stereocenters. The van der Waals surface area contributed by atoms with Crippen molar-refractivity contribution < 1.29 is 9.13 Å². The normalized spacial score (nSPS) is 11.1. The molecule has 0 aliphatic heterocycles. The lowest BCUT2D eigenvalue weighted by Gasteiger charge is -2.05. The van der Waals surface area contributed by atoms with E-state index in [9.17, 15) is 4.39 Å². The number of ether oxygens (including phenoxy) is 1. The summed E-state index contributed by atoms with van der Waals surface area (Å²) in [4.78, 5) is 4.61. The van der Waals surface area contributed by atoms with E-state index < -0.39 is 0 Å². The third-order valence-corrected chi connectivity index (χ3v) is 4.44. The Labute approximate surface area is 154 Å². The second-order valence-electron chi connectivity index (χ2n) is 5.91. The van der Waals surface area contributed by atoms with Crippen LogP contribution in [0.1, 0.15) is 5.69 Å². The van der Waals surface area contributed by atoms with E-state index in [1.807, 2.05) is 31.2 Å². The number of nitrogens with zero attached hydrogens (tertiary/aromatic N) is 3. The Bertz CT molecular complexity index is 1090. The van der Waals surface area contributed by atoms with Gasteiger partial charge in [0.25, 0.3) is 0 Å². The molecule has 2 aromatic heterocycles. The predicted molar refractivity (Wildman–Crippen MR) is 100 cm³/mol. The van der Waals surface area contributed by atoms with Crippen LogP contribution in [0.3, 0.4) is 0 Å². The van der Waals surface area contributed by atoms with Crippen molar-refractivity contribution in [2.45, 2.75) is 6.92 Å². The Morgan fingerprint density at radius 3 is 2.31 bits per heavy atom. The van der Waals surface area contributed by atoms with Crippen molar-refractivity contribution in [3.63, 3.8) is 0 Å². The molecule has 0 aliphatic carbocycles. The molecule has 0 saturated heterocycles. The van der Waals surface area contributed by atoms with Gasteiger partial charge in [0.05, 0.1) is 12.7 Å². The van der Waals surface area contributed by atoms with Crippen molar-refractivity contribution in [2.75, 3.05) is 7.11 Å². The van der Waals surface area contributed by atoms with Crippen LogP contribution in [0.4, 0.5) is 4.39 Å². The molecule has 0 fully saturated rings. The molecular formula is C20H15ClFN3O. The molecule has 0 saturated carbocycles. The number of aromatic nitrogens is 3. The summed E-state index contributed by atoms with van der Waals surface area (Å²) < 4.78 is 20.2. The van der Waals surface area contributed by atoms with E-state index in [2.05, 4.69) is 10.1 Å². The van der Waals surface area contributed by atoms with Crippen LogP contribution >= 0.6 is 11.6 Å². The lowest BCUT2D eigenvalue weighted by Crippen LogP contribution is -1.94. The summed E-state index contributed by atoms with van der Waals surface area (Å²) in [6.07, 6.45) is 0. The fourth-order valence-corrected chi connectivity index (χ4v) is 3.20. The molecule has 0 amide bonds. The summed E-state index contributed by atoms with van der Waals surface area (Å²) >= 11 is 6.38. The van der Waals surface area contributed by atoms with Crippen LogP contribution in [0.2, 0.25) is 5.15 Å². The number of methoxy groups -OCH3 is 1. The molecule has 0 atom stereocenters. The monoisotopic (exact) mass is 367 g/mol. The molecule has 0 spiro atoms. The van der Waals surface area contributed by atoms with Crippen LogP contribution in [-0.2, 0) is 0 Å². The SMILES string of the molecule is COc1ccc(-c2nn3c(Cl)cc(C)nc3c2-c2ccc(F)cc2)cc1. The first kappa shape index (κ1) is 16.5. The first-order chi connectivity index (χ1) is 12.6. The van der Waals surface area contributed by atoms with Gasteiger partial charge >= 0.3 is 0 Å². The molecule has 2 aromatic carbocycles. The van der Waals surface area contributed by atoms with Gasteiger partial charge in [-0.15, -0.1) is 0 Å². The van der Waals surface area contributed by atoms with Crippen molar-refractivity contribution in [2.24, 2.45) is 0 Å². The van der Waals surface area contributed by atoms with Crippen molar-refractivity contribution in [3.05, 3.63) is 71.3 Å². The van der Waals surface area contributed by atoms with E-state index in [1.165, 1.54) is 12.1 Å². The van der Waals surface area contributed by atoms with Gasteiger partial charge in [-0.05, 0) is 55.0 Å². The smallest absolute Gasteiger partial charge is 0.165 e. The number of fused-ring (bicyclic) bond motifs is 1. The van der Waals surface area contributed by atoms with E-state index in [1.54, 1.807) is 29.8 Å². The average Bonchev–Trinajstić information content (AvgIpc) is 3.02. The maximum atomic E-state index is 13.4. The summed E-state index contributed by atoms with van der Waals surface area (Å²) in [5, 5.41) is 5.13. The minimum Gasteiger partial charge on any atom is -0.497 e. The summed E-state index contributed by atoms with van der Waals surface area (Å²) in [6.45, 7) is 1.88. The van der Waals surface area contributed by atoms with Gasteiger partial charge in [-0.1, -0.05) is 23.7 Å². The van der Waals surface area contributed by atoms with E-state index in [0.717, 1.165) is 33.8 Å². The van der Waals surface area contributed by atoms with Crippen LogP contribution in [0.15, 0.2) is 54.6 Å². The molecule has 0 aliphatic rings. The van der Waals surface area contributed by atoms with Crippen LogP contribution in [0.25, 0.3) is 28.0 Å². The van der Waals surface area contributed by atoms with E-state index in [-0.39, 0.29) is 5.82 Å². The fraction of sp³-hybridized carbons (Fsp3) is 0.100. The van der Waals surface area contributed by atoms with Gasteiger partial charge < -0.3 is 4.74 Å². The maximum Gasteiger partial charge on any atom is 0.165 e. The lowest BCUT2D eigenvalue weighted by atomic mass is 10.0. The van der Waals surface area contributed by atoms with Crippen LogP contribution in [0.5, 0.6) is 5.75 Å². The number of aryl methyl sites for hydroxylation is 1. The first-order valence-corrected chi connectivity index (χ1v) is 8.41. The van der Waals surface area contributed by atoms with Crippen molar-refractivity contribution in [1.29, 1.82) is 0 Å². The Morgan fingerprint density at radius 2 is 1.65 bits per heavy atom. The van der Waals surface area contributed by atoms with Crippen LogP contribution in [-0.4, -0.2) is 21.7 Å². The number of hydrogen-bond acceptors (Lipinski definition) is 3. The van der Waals surface area contributed by atoms with Gasteiger partial charge in [-0.25, -0.2) is 13.9 Å². The number of halogens is 2. The molecule has 26 heavy (non-hydrogen) atoms. The van der Waals surface area contributed by atoms with Gasteiger partial charge in [-0.2, -0.15) is 5.10 Å². The quantitative estimate of drug-likeness (QED) is 0.469. The number of hydrogen-bond donors (Lipinski definition) is 0. The molecule has 0 bridgehead atoms. The minimum atomic E-state index is -0.293. The molecular weight excluding hydrogens is 353 g/mol. The van der Waals surface area contributed by atoms with Gasteiger partial charge in [0.15, 0.2) is 5.65 Å². The summed E-state index contributed by atoms with van der Waals surface area (Å²) in [5.74, 6) is 0.464. The highest BCUT2D eigenvalue weighted by Gasteiger charge is 2.19. The van der Waals surface area contributed by atoms with Crippen LogP contribution < -0.4 is 4.74 Å². The highest BCUT2D eigenvalue weighted by atomic mass is 35.5. The molecule has 6 heteroatoms. The Morgan fingerprint density at radius 1 is 1.00 bits per heavy atom. The zero-order valence-corrected chi connectivity index (χ0v) is 15.0. The van der Waals surface area contributed by atoms with Crippen LogP contribution in [0, 0.1) is 12.7 Å². The fourth-order valence-electron chi connectivity index (χ4n) is 2.93. The lowest BCUT2D eigenvalue weighted by molar-refractivity contribution is 0.415. The van der Waals surface area contributed by atoms with Gasteiger partial charge in [0, 0.05) is 11.3 Å². The molecule has 4 aromatic rings. The third kappa shape index (κ3) is 2.80. The van der Waals surface area contributed by atoms with Crippen molar-refractivity contribution >= 4 is 17.2 Å². The van der Waals surface area contributed by atoms with Gasteiger partial charge in [-0.3, -0.25) is 0 Å². The number of rotatable bonds is 3. The molecule has 130 valence electrons. The highest BCUT2D eigenvalue weighted by molar-refractivity contribution is 6.29. The predicted octanol–water partition coefficient (Wildman–Crippen LogP) is 5.17. The summed E-state index contributed by atoms with van der Waals surface area (Å²) in [6, 6.07) is 15.6. The zero-order chi connectivity index (χ0) is 18.3. The summed E-state index contributed by atoms with van der Waals surface area (Å²) in [5.41, 5.74) is 4.66. The highest BCUT2D eigenvalue weighted by Crippen LogP contribution is 2.36. The Balaban J connectivity index is 2.03. The van der Waals surface area contributed by atoms with E-state index in [0.29, 0.717) is 10.8 Å². The number of benzene rings is 2. The van der Waals surface area contributed by atoms with Crippen molar-refractivity contribution in [1.82, 2.24) is 14.6 Å². The Kier molecular flexibility index (Phi) is 4.09. The molecule has 0 N–H and O–H groups in total. The van der Waals surface area contributed by atoms with E-state index >= 15 is 0 Å². The van der Waals surface area contributed by atoms with Gasteiger partial charge in [0.1, 0.15) is 22.4 Å². The second kappa shape index (κ2) is 6.42. The first-order valence-electron chi connectivity index (χ1n) is 8.03. The van der Waals surface area contributed by atoms with Crippen molar-refractivity contribution in [3.8, 4) is 28.1 Å². The maximum absolute atomic E-state index is 13.4. The van der Waals surface area contributed by atoms with E-state index in [4.69, 9.17) is 16.3 Å². The zero-order valence-electron chi connectivity index (χ0n) is 14.2. The molecule has 0 radical (unpaired) electrons. The molecule has 2 heterocycles. The minimum absolute atomic E-state index is 0.293. The summed E-state index contributed by atoms with van der Waals surface area (Å²) in [7, 11) is 1.62. The largest absolute Gasteiger partial charge is 0.497 e. The Hall–Kier alpha value is -2.92. The molecule has 4 rings (SSSR count). The third-order valence-electron chi connectivity index (χ3n) is 4.17. The van der Waals surface area contributed by atoms with Gasteiger partial charge in [0.2, 0.25) is 0 Å². The topological polar surface area (TPSA) is 39.4 Å². The average molecular weight is 368 g/mol.